The highest BCUT2D eigenvalue weighted by Crippen LogP contribution is 2.00. The Morgan fingerprint density at radius 1 is 1.33 bits per heavy atom. The minimum Gasteiger partial charge on any atom is -0.480 e. The highest BCUT2D eigenvalue weighted by molar-refractivity contribution is 5.73. The van der Waals surface area contributed by atoms with Crippen LogP contribution in [0.5, 0.6) is 0 Å². The van der Waals surface area contributed by atoms with Gasteiger partial charge in [0.05, 0.1) is 19.8 Å². The van der Waals surface area contributed by atoms with E-state index in [9.17, 15) is 4.79 Å². The number of carboxylic acids is 1. The Bertz CT molecular complexity index is 176. The van der Waals surface area contributed by atoms with E-state index >= 15 is 0 Å². The van der Waals surface area contributed by atoms with E-state index in [2.05, 4.69) is 0 Å². The molecule has 0 aromatic carbocycles. The Kier molecular flexibility index (Phi) is 8.21. The van der Waals surface area contributed by atoms with Gasteiger partial charge in [0.25, 0.3) is 0 Å². The fraction of sp³-hybridized carbons (Fsp3) is 0.889. The van der Waals surface area contributed by atoms with Crippen LogP contribution in [-0.4, -0.2) is 74.3 Å². The molecule has 0 aliphatic heterocycles. The summed E-state index contributed by atoms with van der Waals surface area (Å²) in [7, 11) is 2.99. The first-order valence-electron chi connectivity index (χ1n) is 4.73. The van der Waals surface area contributed by atoms with Gasteiger partial charge >= 0.3 is 5.97 Å². The van der Waals surface area contributed by atoms with Gasteiger partial charge in [-0.3, -0.25) is 9.69 Å². The molecule has 0 amide bonds. The number of carbonyl (C=O) groups is 1. The predicted octanol–water partition coefficient (Wildman–Crippen LogP) is -0.973. The number of nitrogens with zero attached hydrogens (tertiary/aromatic N) is 1. The molecule has 0 heterocycles. The van der Waals surface area contributed by atoms with Crippen molar-refractivity contribution in [3.8, 4) is 0 Å². The second-order valence-corrected chi connectivity index (χ2v) is 3.06. The summed E-state index contributed by atoms with van der Waals surface area (Å²) < 4.78 is 9.70. The second kappa shape index (κ2) is 8.60. The zero-order chi connectivity index (χ0) is 11.7. The number of hydrogen-bond donors (Lipinski definition) is 2. The van der Waals surface area contributed by atoms with Crippen molar-refractivity contribution in [2.45, 2.75) is 6.04 Å². The molecular formula is C9H19NO5. The molecule has 0 saturated heterocycles. The first-order valence-corrected chi connectivity index (χ1v) is 4.73. The maximum Gasteiger partial charge on any atom is 0.323 e. The fourth-order valence-electron chi connectivity index (χ4n) is 1.25. The van der Waals surface area contributed by atoms with Gasteiger partial charge < -0.3 is 19.7 Å². The molecule has 15 heavy (non-hydrogen) atoms. The summed E-state index contributed by atoms with van der Waals surface area (Å²) in [6.07, 6.45) is 0. The van der Waals surface area contributed by atoms with Gasteiger partial charge in [0.2, 0.25) is 0 Å². The molecule has 0 fully saturated rings. The third kappa shape index (κ3) is 5.68. The molecule has 0 rings (SSSR count). The number of aliphatic hydroxyl groups excluding tert-OH is 1. The summed E-state index contributed by atoms with van der Waals surface area (Å²) in [5.41, 5.74) is 0. The molecular weight excluding hydrogens is 202 g/mol. The first-order chi connectivity index (χ1) is 7.17. The molecule has 1 atom stereocenters. The average molecular weight is 221 g/mol. The quantitative estimate of drug-likeness (QED) is 0.521. The zero-order valence-electron chi connectivity index (χ0n) is 9.18. The number of rotatable bonds is 9. The summed E-state index contributed by atoms with van der Waals surface area (Å²) >= 11 is 0. The number of ether oxygens (including phenoxy) is 2. The number of aliphatic carboxylic acids is 1. The Labute approximate surface area is 89.4 Å². The third-order valence-electron chi connectivity index (χ3n) is 2.02. The number of aliphatic hydroxyl groups is 1. The second-order valence-electron chi connectivity index (χ2n) is 3.06. The van der Waals surface area contributed by atoms with Gasteiger partial charge in [0, 0.05) is 27.3 Å². The van der Waals surface area contributed by atoms with Crippen molar-refractivity contribution in [1.29, 1.82) is 0 Å². The van der Waals surface area contributed by atoms with Crippen LogP contribution >= 0.6 is 0 Å². The molecule has 0 aliphatic rings. The molecule has 0 radical (unpaired) electrons. The molecule has 6 nitrogen and oxygen atoms in total. The lowest BCUT2D eigenvalue weighted by Crippen LogP contribution is -2.47. The topological polar surface area (TPSA) is 79.2 Å². The molecule has 0 saturated carbocycles. The van der Waals surface area contributed by atoms with E-state index in [1.165, 1.54) is 7.11 Å². The van der Waals surface area contributed by atoms with Crippen LogP contribution in [0.1, 0.15) is 0 Å². The maximum absolute atomic E-state index is 10.9. The van der Waals surface area contributed by atoms with Gasteiger partial charge in [-0.1, -0.05) is 0 Å². The Hall–Kier alpha value is -0.690. The normalized spacial score (nSPS) is 13.1. The van der Waals surface area contributed by atoms with Gasteiger partial charge in [-0.25, -0.2) is 0 Å². The summed E-state index contributed by atoms with van der Waals surface area (Å²) in [5.74, 6) is -0.957. The van der Waals surface area contributed by atoms with Crippen molar-refractivity contribution < 1.29 is 24.5 Å². The zero-order valence-corrected chi connectivity index (χ0v) is 9.18. The summed E-state index contributed by atoms with van der Waals surface area (Å²) in [4.78, 5) is 12.5. The summed E-state index contributed by atoms with van der Waals surface area (Å²) in [6, 6.07) is -0.739. The van der Waals surface area contributed by atoms with Crippen LogP contribution in [0.15, 0.2) is 0 Å². The van der Waals surface area contributed by atoms with Crippen molar-refractivity contribution in [2.75, 3.05) is 47.1 Å². The van der Waals surface area contributed by atoms with Crippen LogP contribution in [0.2, 0.25) is 0 Å². The van der Waals surface area contributed by atoms with E-state index in [0.29, 0.717) is 19.7 Å². The Balaban J connectivity index is 4.29. The van der Waals surface area contributed by atoms with Crippen LogP contribution in [0, 0.1) is 0 Å². The van der Waals surface area contributed by atoms with Crippen molar-refractivity contribution in [3.05, 3.63) is 0 Å². The van der Waals surface area contributed by atoms with Crippen molar-refractivity contribution in [1.82, 2.24) is 4.90 Å². The van der Waals surface area contributed by atoms with E-state index in [4.69, 9.17) is 19.7 Å². The van der Waals surface area contributed by atoms with Gasteiger partial charge in [-0.05, 0) is 0 Å². The monoisotopic (exact) mass is 221 g/mol. The van der Waals surface area contributed by atoms with E-state index in [0.717, 1.165) is 0 Å². The molecule has 2 N–H and O–H groups in total. The van der Waals surface area contributed by atoms with Crippen molar-refractivity contribution in [3.63, 3.8) is 0 Å². The van der Waals surface area contributed by atoms with Crippen LogP contribution in [0.3, 0.4) is 0 Å². The van der Waals surface area contributed by atoms with Crippen molar-refractivity contribution in [2.24, 2.45) is 0 Å². The smallest absolute Gasteiger partial charge is 0.323 e. The van der Waals surface area contributed by atoms with Crippen LogP contribution < -0.4 is 0 Å². The predicted molar refractivity (Wildman–Crippen MR) is 53.8 cm³/mol. The highest BCUT2D eigenvalue weighted by atomic mass is 16.5. The third-order valence-corrected chi connectivity index (χ3v) is 2.02. The van der Waals surface area contributed by atoms with Gasteiger partial charge in [-0.15, -0.1) is 0 Å². The SMILES string of the molecule is COCCN(CCO)C(COC)C(=O)O. The summed E-state index contributed by atoms with van der Waals surface area (Å²) in [6.45, 7) is 1.19. The standard InChI is InChI=1S/C9H19NO5/c1-14-6-4-10(3-5-11)8(7-15-2)9(12)13/h8,11H,3-7H2,1-2H3,(H,12,13). The van der Waals surface area contributed by atoms with Gasteiger partial charge in [-0.2, -0.15) is 0 Å². The molecule has 1 unspecified atom stereocenters. The molecule has 0 aromatic heterocycles. The average Bonchev–Trinajstić information content (AvgIpc) is 2.21. The Morgan fingerprint density at radius 3 is 2.40 bits per heavy atom. The number of hydrogen-bond acceptors (Lipinski definition) is 5. The van der Waals surface area contributed by atoms with Crippen LogP contribution in [-0.2, 0) is 14.3 Å². The maximum atomic E-state index is 10.9. The summed E-state index contributed by atoms with van der Waals surface area (Å²) in [5, 5.41) is 17.8. The van der Waals surface area contributed by atoms with E-state index < -0.39 is 12.0 Å². The molecule has 0 aliphatic carbocycles. The largest absolute Gasteiger partial charge is 0.480 e. The first kappa shape index (κ1) is 14.3. The molecule has 0 aromatic rings. The van der Waals surface area contributed by atoms with Gasteiger partial charge in [0.15, 0.2) is 0 Å². The van der Waals surface area contributed by atoms with Crippen LogP contribution in [0.4, 0.5) is 0 Å². The minimum absolute atomic E-state index is 0.0861. The van der Waals surface area contributed by atoms with E-state index in [-0.39, 0.29) is 13.2 Å². The minimum atomic E-state index is -0.957. The van der Waals surface area contributed by atoms with Gasteiger partial charge in [0.1, 0.15) is 6.04 Å². The fourth-order valence-corrected chi connectivity index (χ4v) is 1.25. The van der Waals surface area contributed by atoms with E-state index in [1.807, 2.05) is 0 Å². The molecule has 6 heteroatoms. The molecule has 0 spiro atoms. The van der Waals surface area contributed by atoms with E-state index in [1.54, 1.807) is 12.0 Å². The lowest BCUT2D eigenvalue weighted by atomic mass is 10.2. The van der Waals surface area contributed by atoms with Crippen LogP contribution in [0.25, 0.3) is 0 Å². The lowest BCUT2D eigenvalue weighted by molar-refractivity contribution is -0.145. The number of carboxylic acid groups (broad SMARTS) is 1. The number of methoxy groups -OCH3 is 2. The Morgan fingerprint density at radius 2 is 2.00 bits per heavy atom. The highest BCUT2D eigenvalue weighted by Gasteiger charge is 2.24. The van der Waals surface area contributed by atoms with Crippen molar-refractivity contribution >= 4 is 5.97 Å². The molecule has 90 valence electrons. The molecule has 0 bridgehead atoms. The lowest BCUT2D eigenvalue weighted by Gasteiger charge is -2.27.